The van der Waals surface area contributed by atoms with Gasteiger partial charge in [-0.05, 0) is 42.3 Å². The highest BCUT2D eigenvalue weighted by molar-refractivity contribution is 5.73. The molecule has 28 heavy (non-hydrogen) atoms. The third-order valence-electron chi connectivity index (χ3n) is 4.03. The lowest BCUT2D eigenvalue weighted by atomic mass is 10.0. The van der Waals surface area contributed by atoms with Crippen molar-refractivity contribution in [2.75, 3.05) is 0 Å². The van der Waals surface area contributed by atoms with E-state index in [0.29, 0.717) is 17.5 Å². The first-order valence-corrected chi connectivity index (χ1v) is 8.22. The number of hydrogen-bond donors (Lipinski definition) is 0. The van der Waals surface area contributed by atoms with Crippen LogP contribution in [0, 0.1) is 10.1 Å². The Kier molecular flexibility index (Phi) is 5.25. The highest BCUT2D eigenvalue weighted by Gasteiger charge is 2.30. The van der Waals surface area contributed by atoms with Gasteiger partial charge < -0.3 is 4.74 Å². The van der Waals surface area contributed by atoms with Gasteiger partial charge in [-0.3, -0.25) is 15.1 Å². The van der Waals surface area contributed by atoms with E-state index in [0.717, 1.165) is 23.9 Å². The summed E-state index contributed by atoms with van der Waals surface area (Å²) >= 11 is 0. The minimum absolute atomic E-state index is 0.0352. The number of nitrogens with zero attached hydrogens (tertiary/aromatic N) is 3. The van der Waals surface area contributed by atoms with Gasteiger partial charge in [-0.1, -0.05) is 6.92 Å². The van der Waals surface area contributed by atoms with Crippen LogP contribution in [0.5, 0.6) is 11.6 Å². The van der Waals surface area contributed by atoms with Gasteiger partial charge in [0.15, 0.2) is 0 Å². The van der Waals surface area contributed by atoms with Gasteiger partial charge in [-0.2, -0.15) is 13.2 Å². The Morgan fingerprint density at radius 1 is 1.11 bits per heavy atom. The minimum Gasteiger partial charge on any atom is -0.438 e. The van der Waals surface area contributed by atoms with Gasteiger partial charge in [0.1, 0.15) is 11.9 Å². The molecule has 0 saturated carbocycles. The first-order valence-electron chi connectivity index (χ1n) is 8.22. The number of halogens is 3. The summed E-state index contributed by atoms with van der Waals surface area (Å²) in [6, 6.07) is 7.20. The second-order valence-corrected chi connectivity index (χ2v) is 5.81. The lowest BCUT2D eigenvalue weighted by Crippen LogP contribution is -2.04. The van der Waals surface area contributed by atoms with Gasteiger partial charge >= 0.3 is 6.18 Å². The maximum atomic E-state index is 12.7. The van der Waals surface area contributed by atoms with Crippen LogP contribution in [-0.4, -0.2) is 14.9 Å². The Balaban J connectivity index is 2.04. The second kappa shape index (κ2) is 7.63. The fourth-order valence-electron chi connectivity index (χ4n) is 2.61. The first kappa shape index (κ1) is 19.3. The van der Waals surface area contributed by atoms with Crippen LogP contribution in [0.3, 0.4) is 0 Å². The number of aromatic nitrogens is 2. The molecular weight excluding hydrogens is 375 g/mol. The molecule has 0 aliphatic rings. The van der Waals surface area contributed by atoms with Gasteiger partial charge in [0.2, 0.25) is 5.88 Å². The SMILES string of the molecule is CCc1ccncc1-c1cc([N+](=O)[O-])cnc1Oc1ccc(C(F)(F)F)cc1. The fraction of sp³-hybridized carbons (Fsp3) is 0.158. The lowest BCUT2D eigenvalue weighted by Gasteiger charge is -2.13. The van der Waals surface area contributed by atoms with Crippen molar-refractivity contribution < 1.29 is 22.8 Å². The highest BCUT2D eigenvalue weighted by atomic mass is 19.4. The molecule has 0 amide bonds. The van der Waals surface area contributed by atoms with E-state index in [1.807, 2.05) is 6.92 Å². The second-order valence-electron chi connectivity index (χ2n) is 5.81. The summed E-state index contributed by atoms with van der Waals surface area (Å²) in [7, 11) is 0. The average Bonchev–Trinajstić information content (AvgIpc) is 2.68. The van der Waals surface area contributed by atoms with Crippen LogP contribution in [0.4, 0.5) is 18.9 Å². The van der Waals surface area contributed by atoms with Crippen LogP contribution in [0.25, 0.3) is 11.1 Å². The van der Waals surface area contributed by atoms with Crippen molar-refractivity contribution in [1.82, 2.24) is 9.97 Å². The van der Waals surface area contributed by atoms with E-state index in [2.05, 4.69) is 9.97 Å². The number of alkyl halides is 3. The largest absolute Gasteiger partial charge is 0.438 e. The van der Waals surface area contributed by atoms with Gasteiger partial charge in [0, 0.05) is 24.0 Å². The normalized spacial score (nSPS) is 11.3. The molecule has 3 rings (SSSR count). The third kappa shape index (κ3) is 4.08. The van der Waals surface area contributed by atoms with Crippen molar-refractivity contribution in [3.8, 4) is 22.8 Å². The van der Waals surface area contributed by atoms with Crippen LogP contribution < -0.4 is 4.74 Å². The summed E-state index contributed by atoms with van der Waals surface area (Å²) in [5.74, 6) is 0.158. The summed E-state index contributed by atoms with van der Waals surface area (Å²) in [5.41, 5.74) is 0.759. The van der Waals surface area contributed by atoms with Crippen molar-refractivity contribution in [2.24, 2.45) is 0 Å². The van der Waals surface area contributed by atoms with Gasteiger partial charge in [0.25, 0.3) is 5.69 Å². The zero-order valence-corrected chi connectivity index (χ0v) is 14.6. The molecule has 0 N–H and O–H groups in total. The Bertz CT molecular complexity index is 1010. The fourth-order valence-corrected chi connectivity index (χ4v) is 2.61. The molecule has 0 spiro atoms. The van der Waals surface area contributed by atoms with E-state index in [4.69, 9.17) is 4.74 Å². The van der Waals surface area contributed by atoms with Gasteiger partial charge in [0.05, 0.1) is 16.1 Å². The van der Waals surface area contributed by atoms with E-state index in [1.165, 1.54) is 18.2 Å². The van der Waals surface area contributed by atoms with Crippen molar-refractivity contribution >= 4 is 5.69 Å². The van der Waals surface area contributed by atoms with Gasteiger partial charge in [-0.15, -0.1) is 0 Å². The Hall–Kier alpha value is -3.49. The molecule has 0 bridgehead atoms. The minimum atomic E-state index is -4.46. The number of nitro groups is 1. The molecular formula is C19H14F3N3O3. The quantitative estimate of drug-likeness (QED) is 0.430. The Morgan fingerprint density at radius 3 is 2.43 bits per heavy atom. The summed E-state index contributed by atoms with van der Waals surface area (Å²) in [5, 5.41) is 11.1. The zero-order chi connectivity index (χ0) is 20.3. The standard InChI is InChI=1S/C19H14F3N3O3/c1-2-12-7-8-23-11-17(12)16-9-14(25(26)27)10-24-18(16)28-15-5-3-13(4-6-15)19(20,21)22/h3-11H,2H2,1H3. The first-order chi connectivity index (χ1) is 13.3. The maximum Gasteiger partial charge on any atom is 0.416 e. The molecule has 0 aliphatic heterocycles. The number of ether oxygens (including phenoxy) is 1. The predicted molar refractivity (Wildman–Crippen MR) is 95.0 cm³/mol. The molecule has 144 valence electrons. The van der Waals surface area contributed by atoms with Crippen LogP contribution in [0.1, 0.15) is 18.1 Å². The summed E-state index contributed by atoms with van der Waals surface area (Å²) in [6.45, 7) is 1.92. The molecule has 6 nitrogen and oxygen atoms in total. The molecule has 0 fully saturated rings. The molecule has 0 unspecified atom stereocenters. The van der Waals surface area contributed by atoms with Crippen molar-refractivity contribution in [3.05, 3.63) is 76.2 Å². The van der Waals surface area contributed by atoms with Crippen molar-refractivity contribution in [2.45, 2.75) is 19.5 Å². The topological polar surface area (TPSA) is 78.2 Å². The molecule has 2 aromatic heterocycles. The number of rotatable bonds is 5. The molecule has 2 heterocycles. The molecule has 0 radical (unpaired) electrons. The number of benzene rings is 1. The molecule has 9 heteroatoms. The maximum absolute atomic E-state index is 12.7. The molecule has 1 aromatic carbocycles. The van der Waals surface area contributed by atoms with Crippen LogP contribution in [0.15, 0.2) is 55.0 Å². The highest BCUT2D eigenvalue weighted by Crippen LogP contribution is 2.36. The van der Waals surface area contributed by atoms with Crippen molar-refractivity contribution in [1.29, 1.82) is 0 Å². The summed E-state index contributed by atoms with van der Waals surface area (Å²) in [4.78, 5) is 18.6. The van der Waals surface area contributed by atoms with E-state index < -0.39 is 16.7 Å². The van der Waals surface area contributed by atoms with E-state index in [-0.39, 0.29) is 17.3 Å². The third-order valence-corrected chi connectivity index (χ3v) is 4.03. The summed E-state index contributed by atoms with van der Waals surface area (Å²) < 4.78 is 43.8. The molecule has 0 saturated heterocycles. The number of pyridine rings is 2. The molecule has 3 aromatic rings. The molecule has 0 atom stereocenters. The van der Waals surface area contributed by atoms with Crippen LogP contribution >= 0.6 is 0 Å². The predicted octanol–water partition coefficient (Wildman–Crippen LogP) is 5.43. The monoisotopic (exact) mass is 389 g/mol. The molecule has 0 aliphatic carbocycles. The van der Waals surface area contributed by atoms with Crippen LogP contribution in [-0.2, 0) is 12.6 Å². The van der Waals surface area contributed by atoms with Crippen LogP contribution in [0.2, 0.25) is 0 Å². The van der Waals surface area contributed by atoms with Crippen molar-refractivity contribution in [3.63, 3.8) is 0 Å². The lowest BCUT2D eigenvalue weighted by molar-refractivity contribution is -0.385. The van der Waals surface area contributed by atoms with E-state index in [9.17, 15) is 23.3 Å². The Morgan fingerprint density at radius 2 is 1.82 bits per heavy atom. The Labute approximate surface area is 157 Å². The average molecular weight is 389 g/mol. The summed E-state index contributed by atoms with van der Waals surface area (Å²) in [6.07, 6.45) is 0.356. The van der Waals surface area contributed by atoms with E-state index >= 15 is 0 Å². The zero-order valence-electron chi connectivity index (χ0n) is 14.6. The van der Waals surface area contributed by atoms with Gasteiger partial charge in [-0.25, -0.2) is 4.98 Å². The number of hydrogen-bond acceptors (Lipinski definition) is 5. The number of aryl methyl sites for hydroxylation is 1. The smallest absolute Gasteiger partial charge is 0.416 e. The van der Waals surface area contributed by atoms with E-state index in [1.54, 1.807) is 18.5 Å².